The second-order valence-electron chi connectivity index (χ2n) is 8.18. The summed E-state index contributed by atoms with van der Waals surface area (Å²) < 4.78 is 12.4. The summed E-state index contributed by atoms with van der Waals surface area (Å²) in [6, 6.07) is 5.51. The fourth-order valence-corrected chi connectivity index (χ4v) is 3.54. The van der Waals surface area contributed by atoms with Crippen molar-refractivity contribution in [2.24, 2.45) is 7.05 Å². The summed E-state index contributed by atoms with van der Waals surface area (Å²) in [4.78, 5) is 28.4. The van der Waals surface area contributed by atoms with Gasteiger partial charge in [0.1, 0.15) is 17.0 Å². The summed E-state index contributed by atoms with van der Waals surface area (Å²) in [6.07, 6.45) is 2.15. The second kappa shape index (κ2) is 6.22. The van der Waals surface area contributed by atoms with E-state index in [0.717, 1.165) is 36.1 Å². The Bertz CT molecular complexity index is 1100. The molecule has 2 aromatic heterocycles. The summed E-state index contributed by atoms with van der Waals surface area (Å²) in [6.45, 7) is 5.51. The third kappa shape index (κ3) is 3.17. The number of carbonyl (C=O) groups excluding carboxylic acids is 1. The van der Waals surface area contributed by atoms with Gasteiger partial charge in [0.25, 0.3) is 0 Å². The highest BCUT2D eigenvalue weighted by atomic mass is 16.6. The van der Waals surface area contributed by atoms with Crippen molar-refractivity contribution >= 4 is 17.1 Å². The van der Waals surface area contributed by atoms with Crippen LogP contribution in [0.15, 0.2) is 27.4 Å². The second-order valence-corrected chi connectivity index (χ2v) is 8.18. The molecule has 1 amide bonds. The maximum absolute atomic E-state index is 12.4. The first-order chi connectivity index (χ1) is 13.2. The minimum Gasteiger partial charge on any atom is -0.444 e. The largest absolute Gasteiger partial charge is 0.444 e. The maximum atomic E-state index is 12.4. The van der Waals surface area contributed by atoms with Crippen molar-refractivity contribution in [2.45, 2.75) is 51.2 Å². The van der Waals surface area contributed by atoms with Crippen LogP contribution in [-0.4, -0.2) is 31.4 Å². The smallest absolute Gasteiger partial charge is 0.434 e. The van der Waals surface area contributed by atoms with Crippen LogP contribution in [0.1, 0.15) is 45.9 Å². The summed E-state index contributed by atoms with van der Waals surface area (Å²) in [7, 11) is 1.91. The van der Waals surface area contributed by atoms with Gasteiger partial charge in [-0.3, -0.25) is 0 Å². The molecule has 9 nitrogen and oxygen atoms in total. The first-order valence-electron chi connectivity index (χ1n) is 9.21. The van der Waals surface area contributed by atoms with Gasteiger partial charge in [0.2, 0.25) is 5.89 Å². The Morgan fingerprint density at radius 2 is 2.11 bits per heavy atom. The lowest BCUT2D eigenvalue weighted by atomic mass is 9.76. The molecule has 1 aliphatic rings. The van der Waals surface area contributed by atoms with Crippen LogP contribution >= 0.6 is 0 Å². The number of imidazole rings is 1. The van der Waals surface area contributed by atoms with E-state index in [1.807, 2.05) is 44.5 Å². The molecule has 0 radical (unpaired) electrons. The van der Waals surface area contributed by atoms with Crippen LogP contribution in [-0.2, 0) is 17.3 Å². The van der Waals surface area contributed by atoms with E-state index in [0.29, 0.717) is 5.56 Å². The Morgan fingerprint density at radius 1 is 1.36 bits per heavy atom. The Balaban J connectivity index is 1.70. The number of fused-ring (bicyclic) bond motifs is 1. The lowest BCUT2D eigenvalue weighted by Gasteiger charge is -2.41. The SMILES string of the molecule is Cn1c(C2(NC(=O)OC(C)(C)C)CCC2)nc2ccc(-c3n[nH]c(=O)o3)cc21. The van der Waals surface area contributed by atoms with Gasteiger partial charge in [0.15, 0.2) is 0 Å². The molecule has 2 N–H and O–H groups in total. The number of aromatic amines is 1. The number of carbonyl (C=O) groups is 1. The number of ether oxygens (including phenoxy) is 1. The highest BCUT2D eigenvalue weighted by Gasteiger charge is 2.44. The average molecular weight is 385 g/mol. The van der Waals surface area contributed by atoms with E-state index in [-0.39, 0.29) is 5.89 Å². The first-order valence-corrected chi connectivity index (χ1v) is 9.21. The monoisotopic (exact) mass is 385 g/mol. The normalized spacial score (nSPS) is 16.0. The predicted octanol–water partition coefficient (Wildman–Crippen LogP) is 2.82. The minimum absolute atomic E-state index is 0.222. The molecule has 1 aliphatic carbocycles. The molecule has 1 saturated carbocycles. The standard InChI is InChI=1S/C19H23N5O4/c1-18(2,3)28-16(25)21-19(8-5-9-19)15-20-12-7-6-11(10-13(12)24(15)4)14-22-23-17(26)27-14/h6-7,10H,5,8-9H2,1-4H3,(H,21,25)(H,23,26). The summed E-state index contributed by atoms with van der Waals surface area (Å²) >= 11 is 0. The van der Waals surface area contributed by atoms with Crippen molar-refractivity contribution in [1.29, 1.82) is 0 Å². The van der Waals surface area contributed by atoms with Crippen molar-refractivity contribution in [1.82, 2.24) is 25.1 Å². The Labute approximate surface area is 161 Å². The van der Waals surface area contributed by atoms with E-state index in [2.05, 4.69) is 15.5 Å². The third-order valence-corrected chi connectivity index (χ3v) is 4.94. The van der Waals surface area contributed by atoms with Crippen LogP contribution in [0.2, 0.25) is 0 Å². The van der Waals surface area contributed by atoms with Gasteiger partial charge in [-0.25, -0.2) is 19.7 Å². The molecule has 9 heteroatoms. The fraction of sp³-hybridized carbons (Fsp3) is 0.474. The van der Waals surface area contributed by atoms with Crippen LogP contribution < -0.4 is 11.1 Å². The van der Waals surface area contributed by atoms with E-state index >= 15 is 0 Å². The van der Waals surface area contributed by atoms with Crippen molar-refractivity contribution in [3.8, 4) is 11.5 Å². The summed E-state index contributed by atoms with van der Waals surface area (Å²) in [5, 5.41) is 9.17. The number of aromatic nitrogens is 4. The molecular formula is C19H23N5O4. The molecule has 2 heterocycles. The van der Waals surface area contributed by atoms with Crippen LogP contribution in [0.3, 0.4) is 0 Å². The summed E-state index contributed by atoms with van der Waals surface area (Å²) in [5.41, 5.74) is 1.20. The number of aryl methyl sites for hydroxylation is 1. The van der Waals surface area contributed by atoms with Gasteiger partial charge in [0, 0.05) is 12.6 Å². The Hall–Kier alpha value is -3.10. The van der Waals surface area contributed by atoms with Crippen molar-refractivity contribution in [3.05, 3.63) is 34.6 Å². The lowest BCUT2D eigenvalue weighted by Crippen LogP contribution is -2.53. The van der Waals surface area contributed by atoms with Gasteiger partial charge in [-0.15, -0.1) is 5.10 Å². The van der Waals surface area contributed by atoms with Crippen LogP contribution in [0, 0.1) is 0 Å². The van der Waals surface area contributed by atoms with E-state index < -0.39 is 23.0 Å². The number of benzene rings is 1. The zero-order valence-corrected chi connectivity index (χ0v) is 16.3. The molecule has 0 unspecified atom stereocenters. The van der Waals surface area contributed by atoms with Crippen molar-refractivity contribution < 1.29 is 13.9 Å². The molecular weight excluding hydrogens is 362 g/mol. The van der Waals surface area contributed by atoms with Gasteiger partial charge in [0.05, 0.1) is 11.0 Å². The van der Waals surface area contributed by atoms with E-state index in [1.165, 1.54) is 0 Å². The highest BCUT2D eigenvalue weighted by Crippen LogP contribution is 2.42. The molecule has 0 saturated heterocycles. The number of alkyl carbamates (subject to hydrolysis) is 1. The molecule has 0 aliphatic heterocycles. The molecule has 0 atom stereocenters. The molecule has 0 bridgehead atoms. The molecule has 0 spiro atoms. The zero-order valence-electron chi connectivity index (χ0n) is 16.3. The Morgan fingerprint density at radius 3 is 2.68 bits per heavy atom. The van der Waals surface area contributed by atoms with Gasteiger partial charge < -0.3 is 19.0 Å². The molecule has 148 valence electrons. The zero-order chi connectivity index (χ0) is 20.1. The van der Waals surface area contributed by atoms with Crippen LogP contribution in [0.5, 0.6) is 0 Å². The van der Waals surface area contributed by atoms with Crippen molar-refractivity contribution in [2.75, 3.05) is 0 Å². The number of nitrogens with one attached hydrogen (secondary N) is 2. The first kappa shape index (κ1) is 18.3. The fourth-order valence-electron chi connectivity index (χ4n) is 3.54. The van der Waals surface area contributed by atoms with Gasteiger partial charge in [-0.2, -0.15) is 0 Å². The number of hydrogen-bond acceptors (Lipinski definition) is 6. The van der Waals surface area contributed by atoms with E-state index in [9.17, 15) is 9.59 Å². The van der Waals surface area contributed by atoms with Gasteiger partial charge >= 0.3 is 11.8 Å². The van der Waals surface area contributed by atoms with Gasteiger partial charge in [-0.05, 0) is 58.2 Å². The molecule has 1 fully saturated rings. The molecule has 3 aromatic rings. The number of rotatable bonds is 3. The number of H-pyrrole nitrogens is 1. The summed E-state index contributed by atoms with van der Waals surface area (Å²) in [5.74, 6) is 0.399. The number of nitrogens with zero attached hydrogens (tertiary/aromatic N) is 3. The van der Waals surface area contributed by atoms with E-state index in [1.54, 1.807) is 6.07 Å². The molecule has 1 aromatic carbocycles. The average Bonchev–Trinajstić information content (AvgIpc) is 3.13. The number of amides is 1. The quantitative estimate of drug-likeness (QED) is 0.716. The Kier molecular flexibility index (Phi) is 4.06. The maximum Gasteiger partial charge on any atom is 0.434 e. The lowest BCUT2D eigenvalue weighted by molar-refractivity contribution is 0.0362. The van der Waals surface area contributed by atoms with Crippen molar-refractivity contribution in [3.63, 3.8) is 0 Å². The van der Waals surface area contributed by atoms with Gasteiger partial charge in [-0.1, -0.05) is 0 Å². The molecule has 28 heavy (non-hydrogen) atoms. The third-order valence-electron chi connectivity index (χ3n) is 4.94. The molecule has 4 rings (SSSR count). The van der Waals surface area contributed by atoms with E-state index in [4.69, 9.17) is 14.1 Å². The predicted molar refractivity (Wildman–Crippen MR) is 102 cm³/mol. The number of hydrogen-bond donors (Lipinski definition) is 2. The van der Waals surface area contributed by atoms with Crippen LogP contribution in [0.25, 0.3) is 22.5 Å². The minimum atomic E-state index is -0.601. The highest BCUT2D eigenvalue weighted by molar-refractivity contribution is 5.81. The topological polar surface area (TPSA) is 115 Å². The van der Waals surface area contributed by atoms with Crippen LogP contribution in [0.4, 0.5) is 4.79 Å².